The monoisotopic (exact) mass is 475 g/mol. The molecule has 2 N–H and O–H groups in total. The van der Waals surface area contributed by atoms with Crippen molar-refractivity contribution in [2.24, 2.45) is 12.5 Å². The number of Topliss-reactive ketones (excluding diaryl/α,β-unsaturated/α-hetero) is 1. The van der Waals surface area contributed by atoms with Crippen molar-refractivity contribution in [1.82, 2.24) is 14.5 Å². The molecule has 0 fully saturated rings. The molecule has 0 spiro atoms. The van der Waals surface area contributed by atoms with Gasteiger partial charge in [0, 0.05) is 36.6 Å². The number of fused-ring (bicyclic) bond motifs is 3. The number of methoxy groups -OCH3 is 1. The minimum atomic E-state index is -0.509. The summed E-state index contributed by atoms with van der Waals surface area (Å²) in [5, 5.41) is 13.3. The second-order valence-corrected chi connectivity index (χ2v) is 9.37. The third-order valence-electron chi connectivity index (χ3n) is 6.23. The number of para-hydroxylation sites is 1. The number of rotatable bonds is 8. The first-order valence-electron chi connectivity index (χ1n) is 11.4. The van der Waals surface area contributed by atoms with Crippen LogP contribution in [0, 0.1) is 5.41 Å². The first kappa shape index (κ1) is 24.2. The van der Waals surface area contributed by atoms with E-state index in [2.05, 4.69) is 5.32 Å². The Hall–Kier alpha value is -3.91. The largest absolute Gasteiger partial charge is 0.493 e. The van der Waals surface area contributed by atoms with E-state index in [-0.39, 0.29) is 42.3 Å². The van der Waals surface area contributed by atoms with E-state index in [9.17, 15) is 19.5 Å². The van der Waals surface area contributed by atoms with Crippen LogP contribution in [0.1, 0.15) is 34.7 Å². The van der Waals surface area contributed by atoms with Crippen molar-refractivity contribution in [2.45, 2.75) is 20.4 Å². The van der Waals surface area contributed by atoms with Gasteiger partial charge in [0.05, 0.1) is 24.7 Å². The molecule has 1 amide bonds. The predicted molar refractivity (Wildman–Crippen MR) is 135 cm³/mol. The van der Waals surface area contributed by atoms with Gasteiger partial charge in [0.1, 0.15) is 5.39 Å². The highest BCUT2D eigenvalue weighted by atomic mass is 16.5. The Morgan fingerprint density at radius 3 is 2.37 bits per heavy atom. The normalized spacial score (nSPS) is 11.7. The van der Waals surface area contributed by atoms with Crippen molar-refractivity contribution in [1.29, 1.82) is 0 Å². The van der Waals surface area contributed by atoms with Crippen molar-refractivity contribution >= 4 is 33.5 Å². The maximum absolute atomic E-state index is 13.8. The fourth-order valence-electron chi connectivity index (χ4n) is 4.25. The van der Waals surface area contributed by atoms with Crippen molar-refractivity contribution in [3.05, 3.63) is 76.2 Å². The van der Waals surface area contributed by atoms with Crippen LogP contribution in [0.3, 0.4) is 0 Å². The van der Waals surface area contributed by atoms with Crippen LogP contribution in [-0.2, 0) is 13.6 Å². The van der Waals surface area contributed by atoms with Crippen LogP contribution in [0.25, 0.3) is 21.8 Å². The number of hydrogen-bond acceptors (Lipinski definition) is 5. The van der Waals surface area contributed by atoms with E-state index in [0.717, 1.165) is 5.39 Å². The van der Waals surface area contributed by atoms with E-state index in [1.807, 2.05) is 38.1 Å². The summed E-state index contributed by atoms with van der Waals surface area (Å²) < 4.78 is 8.70. The van der Waals surface area contributed by atoms with Gasteiger partial charge in [-0.15, -0.1) is 0 Å². The number of amides is 1. The van der Waals surface area contributed by atoms with Gasteiger partial charge in [0.2, 0.25) is 0 Å². The van der Waals surface area contributed by atoms with Gasteiger partial charge in [-0.2, -0.15) is 0 Å². The van der Waals surface area contributed by atoms with Gasteiger partial charge in [0.25, 0.3) is 11.5 Å². The van der Waals surface area contributed by atoms with Gasteiger partial charge in [-0.25, -0.2) is 0 Å². The van der Waals surface area contributed by atoms with Crippen LogP contribution >= 0.6 is 0 Å². The van der Waals surface area contributed by atoms with E-state index in [1.54, 1.807) is 41.9 Å². The molecule has 8 nitrogen and oxygen atoms in total. The van der Waals surface area contributed by atoms with Gasteiger partial charge < -0.3 is 19.7 Å². The first-order valence-corrected chi connectivity index (χ1v) is 11.4. The number of aromatic nitrogens is 2. The Bertz CT molecular complexity index is 1480. The van der Waals surface area contributed by atoms with Gasteiger partial charge >= 0.3 is 0 Å². The number of nitrogens with one attached hydrogen (secondary N) is 1. The molecule has 0 aliphatic carbocycles. The maximum atomic E-state index is 13.8. The number of nitrogens with zero attached hydrogens (tertiary/aromatic N) is 2. The van der Waals surface area contributed by atoms with Gasteiger partial charge in [-0.3, -0.25) is 19.0 Å². The van der Waals surface area contributed by atoms with Crippen LogP contribution in [0.4, 0.5) is 0 Å². The zero-order chi connectivity index (χ0) is 25.3. The Balaban J connectivity index is 1.92. The second-order valence-electron chi connectivity index (χ2n) is 9.37. The SMILES string of the molecule is COc1c(C(=O)NCC(C)(C)CO)n(C)c2c1c(=O)n(CC(=O)c1ccccc1)c1ccccc21. The maximum Gasteiger partial charge on any atom is 0.271 e. The molecule has 2 aromatic heterocycles. The summed E-state index contributed by atoms with van der Waals surface area (Å²) in [6.45, 7) is 3.67. The number of benzene rings is 2. The summed E-state index contributed by atoms with van der Waals surface area (Å²) in [6.07, 6.45) is 0. The number of hydrogen-bond donors (Lipinski definition) is 2. The molecule has 0 aliphatic rings. The van der Waals surface area contributed by atoms with Crippen molar-refractivity contribution in [3.63, 3.8) is 0 Å². The summed E-state index contributed by atoms with van der Waals surface area (Å²) in [6, 6.07) is 16.1. The summed E-state index contributed by atoms with van der Waals surface area (Å²) in [5.74, 6) is -0.466. The zero-order valence-corrected chi connectivity index (χ0v) is 20.3. The molecule has 0 saturated carbocycles. The van der Waals surface area contributed by atoms with E-state index >= 15 is 0 Å². The number of pyridine rings is 1. The second kappa shape index (κ2) is 9.38. The fraction of sp³-hybridized carbons (Fsp3) is 0.296. The molecule has 0 unspecified atom stereocenters. The van der Waals surface area contributed by atoms with Crippen LogP contribution in [0.15, 0.2) is 59.4 Å². The Kier molecular flexibility index (Phi) is 6.49. The highest BCUT2D eigenvalue weighted by Crippen LogP contribution is 2.34. The summed E-state index contributed by atoms with van der Waals surface area (Å²) in [4.78, 5) is 40.0. The molecule has 4 aromatic rings. The van der Waals surface area contributed by atoms with E-state index in [1.165, 1.54) is 11.7 Å². The lowest BCUT2D eigenvalue weighted by atomic mass is 9.95. The Labute approximate surface area is 202 Å². The molecule has 0 saturated heterocycles. The number of carbonyl (C=O) groups is 2. The third kappa shape index (κ3) is 4.33. The highest BCUT2D eigenvalue weighted by Gasteiger charge is 2.28. The molecule has 8 heteroatoms. The van der Waals surface area contributed by atoms with E-state index in [0.29, 0.717) is 16.6 Å². The van der Waals surface area contributed by atoms with Gasteiger partial charge in [-0.05, 0) is 6.07 Å². The van der Waals surface area contributed by atoms with Crippen molar-refractivity contribution in [3.8, 4) is 5.75 Å². The molecule has 0 radical (unpaired) electrons. The molecule has 0 bridgehead atoms. The summed E-state index contributed by atoms with van der Waals surface area (Å²) >= 11 is 0. The number of aliphatic hydroxyl groups excluding tert-OH is 1. The smallest absolute Gasteiger partial charge is 0.271 e. The summed E-state index contributed by atoms with van der Waals surface area (Å²) in [7, 11) is 3.12. The van der Waals surface area contributed by atoms with Crippen LogP contribution < -0.4 is 15.6 Å². The number of ketones is 1. The zero-order valence-electron chi connectivity index (χ0n) is 20.3. The minimum absolute atomic E-state index is 0.0929. The molecule has 4 rings (SSSR count). The van der Waals surface area contributed by atoms with Crippen LogP contribution in [-0.4, -0.2) is 46.2 Å². The molecular formula is C27H29N3O5. The van der Waals surface area contributed by atoms with Crippen molar-refractivity contribution < 1.29 is 19.4 Å². The Morgan fingerprint density at radius 2 is 1.71 bits per heavy atom. The van der Waals surface area contributed by atoms with Gasteiger partial charge in [-0.1, -0.05) is 62.4 Å². The Morgan fingerprint density at radius 1 is 1.06 bits per heavy atom. The average molecular weight is 476 g/mol. The molecule has 0 aliphatic heterocycles. The fourth-order valence-corrected chi connectivity index (χ4v) is 4.25. The molecule has 0 atom stereocenters. The number of aliphatic hydroxyl groups is 1. The average Bonchev–Trinajstić information content (AvgIpc) is 3.18. The predicted octanol–water partition coefficient (Wildman–Crippen LogP) is 3.13. The molecule has 2 aromatic carbocycles. The standard InChI is InChI=1S/C27H29N3O5/c1-27(2,16-31)15-28-25(33)23-24(35-4)21-22(29(23)3)18-12-8-9-13-19(18)30(26(21)34)14-20(32)17-10-6-5-7-11-17/h5-13,31H,14-16H2,1-4H3,(H,28,33). The highest BCUT2D eigenvalue weighted by molar-refractivity contribution is 6.12. The van der Waals surface area contributed by atoms with E-state index in [4.69, 9.17) is 4.74 Å². The first-order chi connectivity index (χ1) is 16.7. The third-order valence-corrected chi connectivity index (χ3v) is 6.23. The minimum Gasteiger partial charge on any atom is -0.493 e. The molecule has 2 heterocycles. The van der Waals surface area contributed by atoms with E-state index < -0.39 is 16.9 Å². The van der Waals surface area contributed by atoms with Crippen LogP contribution in [0.5, 0.6) is 5.75 Å². The number of aryl methyl sites for hydroxylation is 1. The topological polar surface area (TPSA) is 103 Å². The van der Waals surface area contributed by atoms with Crippen molar-refractivity contribution in [2.75, 3.05) is 20.3 Å². The molecule has 35 heavy (non-hydrogen) atoms. The van der Waals surface area contributed by atoms with Gasteiger partial charge in [0.15, 0.2) is 17.2 Å². The van der Waals surface area contributed by atoms with Crippen LogP contribution in [0.2, 0.25) is 0 Å². The lowest BCUT2D eigenvalue weighted by Gasteiger charge is -2.22. The molecule has 182 valence electrons. The lowest BCUT2D eigenvalue weighted by molar-refractivity contribution is 0.0899. The summed E-state index contributed by atoms with van der Waals surface area (Å²) in [5.41, 5.74) is 0.930. The number of ether oxygens (including phenoxy) is 1. The quantitative estimate of drug-likeness (QED) is 0.381. The number of carbonyl (C=O) groups excluding carboxylic acids is 2. The molecular weight excluding hydrogens is 446 g/mol. The lowest BCUT2D eigenvalue weighted by Crippen LogP contribution is -2.36.